The third-order valence-electron chi connectivity index (χ3n) is 1.40. The zero-order valence-corrected chi connectivity index (χ0v) is 6.95. The monoisotopic (exact) mass is 169 g/mol. The minimum absolute atomic E-state index is 0.236. The average molecular weight is 169 g/mol. The van der Waals surface area contributed by atoms with E-state index in [0.717, 1.165) is 18.4 Å². The van der Waals surface area contributed by atoms with E-state index in [2.05, 4.69) is 9.68 Å². The molecule has 0 fully saturated rings. The Kier molecular flexibility index (Phi) is 3.32. The van der Waals surface area contributed by atoms with E-state index >= 15 is 0 Å². The van der Waals surface area contributed by atoms with E-state index in [4.69, 9.17) is 4.74 Å². The van der Waals surface area contributed by atoms with Gasteiger partial charge in [0.25, 0.3) is 0 Å². The van der Waals surface area contributed by atoms with Gasteiger partial charge in [-0.3, -0.25) is 4.79 Å². The van der Waals surface area contributed by atoms with Crippen LogP contribution in [0.4, 0.5) is 0 Å². The van der Waals surface area contributed by atoms with Crippen LogP contribution in [0.1, 0.15) is 18.9 Å². The molecule has 12 heavy (non-hydrogen) atoms. The van der Waals surface area contributed by atoms with Gasteiger partial charge in [0.15, 0.2) is 0 Å². The molecule has 0 aromatic carbocycles. The fraction of sp³-hybridized carbons (Fsp3) is 0.500. The molecule has 0 spiro atoms. The first-order valence-corrected chi connectivity index (χ1v) is 3.80. The molecule has 0 saturated heterocycles. The summed E-state index contributed by atoms with van der Waals surface area (Å²) >= 11 is 0. The average Bonchev–Trinajstić information content (AvgIpc) is 2.49. The number of ether oxygens (including phenoxy) is 1. The van der Waals surface area contributed by atoms with Crippen molar-refractivity contribution in [2.24, 2.45) is 0 Å². The first-order valence-electron chi connectivity index (χ1n) is 3.80. The summed E-state index contributed by atoms with van der Waals surface area (Å²) in [5, 5.41) is 3.55. The van der Waals surface area contributed by atoms with Crippen molar-refractivity contribution in [3.05, 3.63) is 18.0 Å². The molecule has 0 N–H and O–H groups in total. The van der Waals surface area contributed by atoms with Crippen molar-refractivity contribution >= 4 is 5.97 Å². The van der Waals surface area contributed by atoms with Gasteiger partial charge in [0.1, 0.15) is 6.26 Å². The summed E-state index contributed by atoms with van der Waals surface area (Å²) < 4.78 is 9.39. The van der Waals surface area contributed by atoms with Crippen LogP contribution in [0, 0.1) is 0 Å². The molecule has 0 aliphatic heterocycles. The Morgan fingerprint density at radius 1 is 1.75 bits per heavy atom. The Bertz CT molecular complexity index is 230. The Balaban J connectivity index is 2.07. The van der Waals surface area contributed by atoms with Crippen LogP contribution in [0.5, 0.6) is 0 Å². The third-order valence-corrected chi connectivity index (χ3v) is 1.40. The van der Waals surface area contributed by atoms with Crippen molar-refractivity contribution in [1.82, 2.24) is 5.16 Å². The molecule has 1 heterocycles. The molecule has 4 nitrogen and oxygen atoms in total. The fourth-order valence-corrected chi connectivity index (χ4v) is 0.842. The summed E-state index contributed by atoms with van der Waals surface area (Å²) in [5.74, 6) is -0.236. The highest BCUT2D eigenvalue weighted by Gasteiger charge is 1.96. The van der Waals surface area contributed by atoms with E-state index in [0.29, 0.717) is 6.61 Å². The molecule has 1 aromatic heterocycles. The highest BCUT2D eigenvalue weighted by atomic mass is 16.5. The van der Waals surface area contributed by atoms with Crippen LogP contribution in [-0.2, 0) is 16.0 Å². The van der Waals surface area contributed by atoms with Crippen LogP contribution in [0.15, 0.2) is 17.0 Å². The molecule has 0 amide bonds. The number of nitrogens with zero attached hydrogens (tertiary/aromatic N) is 1. The number of aryl methyl sites for hydroxylation is 1. The quantitative estimate of drug-likeness (QED) is 0.501. The number of rotatable bonds is 4. The van der Waals surface area contributed by atoms with Gasteiger partial charge in [-0.05, 0) is 12.8 Å². The highest BCUT2D eigenvalue weighted by molar-refractivity contribution is 5.65. The maximum atomic E-state index is 10.4. The number of hydrogen-bond donors (Lipinski definition) is 0. The Labute approximate surface area is 70.5 Å². The van der Waals surface area contributed by atoms with Gasteiger partial charge in [0, 0.05) is 12.5 Å². The molecule has 1 rings (SSSR count). The molecular weight excluding hydrogens is 158 g/mol. The summed E-state index contributed by atoms with van der Waals surface area (Å²) in [6.45, 7) is 1.86. The normalized spacial score (nSPS) is 9.75. The first-order chi connectivity index (χ1) is 5.79. The Morgan fingerprint density at radius 3 is 3.17 bits per heavy atom. The SMILES string of the molecule is CC(=O)OCCCc1cnoc1. The topological polar surface area (TPSA) is 52.3 Å². The zero-order valence-electron chi connectivity index (χ0n) is 6.95. The summed E-state index contributed by atoms with van der Waals surface area (Å²) in [4.78, 5) is 10.4. The fourth-order valence-electron chi connectivity index (χ4n) is 0.842. The van der Waals surface area contributed by atoms with Crippen LogP contribution >= 0.6 is 0 Å². The van der Waals surface area contributed by atoms with E-state index in [1.165, 1.54) is 6.92 Å². The molecule has 4 heteroatoms. The Hall–Kier alpha value is -1.32. The molecule has 0 aliphatic carbocycles. The van der Waals surface area contributed by atoms with Crippen molar-refractivity contribution in [2.75, 3.05) is 6.61 Å². The summed E-state index contributed by atoms with van der Waals surface area (Å²) in [6.07, 6.45) is 4.89. The van der Waals surface area contributed by atoms with Gasteiger partial charge in [-0.1, -0.05) is 5.16 Å². The molecular formula is C8H11NO3. The van der Waals surface area contributed by atoms with Crippen molar-refractivity contribution < 1.29 is 14.1 Å². The van der Waals surface area contributed by atoms with Crippen molar-refractivity contribution in [2.45, 2.75) is 19.8 Å². The molecule has 0 saturated carbocycles. The number of carbonyl (C=O) groups excluding carboxylic acids is 1. The number of carbonyl (C=O) groups is 1. The predicted octanol–water partition coefficient (Wildman–Crippen LogP) is 1.17. The van der Waals surface area contributed by atoms with Crippen molar-refractivity contribution in [1.29, 1.82) is 0 Å². The van der Waals surface area contributed by atoms with Crippen molar-refractivity contribution in [3.63, 3.8) is 0 Å². The molecule has 0 aliphatic rings. The predicted molar refractivity (Wildman–Crippen MR) is 41.5 cm³/mol. The van der Waals surface area contributed by atoms with Crippen LogP contribution in [0.25, 0.3) is 0 Å². The minimum atomic E-state index is -0.236. The van der Waals surface area contributed by atoms with Crippen molar-refractivity contribution in [3.8, 4) is 0 Å². The van der Waals surface area contributed by atoms with Crippen LogP contribution in [-0.4, -0.2) is 17.7 Å². The molecule has 0 unspecified atom stereocenters. The van der Waals surface area contributed by atoms with E-state index in [9.17, 15) is 4.79 Å². The van der Waals surface area contributed by atoms with Crippen LogP contribution in [0.2, 0.25) is 0 Å². The van der Waals surface area contributed by atoms with Gasteiger partial charge in [0.05, 0.1) is 12.8 Å². The third kappa shape index (κ3) is 3.18. The van der Waals surface area contributed by atoms with E-state index in [1.807, 2.05) is 0 Å². The van der Waals surface area contributed by atoms with Gasteiger partial charge in [0.2, 0.25) is 0 Å². The number of aromatic nitrogens is 1. The molecule has 0 atom stereocenters. The smallest absolute Gasteiger partial charge is 0.302 e. The second-order valence-electron chi connectivity index (χ2n) is 2.48. The van der Waals surface area contributed by atoms with Crippen LogP contribution in [0.3, 0.4) is 0 Å². The maximum Gasteiger partial charge on any atom is 0.302 e. The van der Waals surface area contributed by atoms with Gasteiger partial charge >= 0.3 is 5.97 Å². The minimum Gasteiger partial charge on any atom is -0.466 e. The largest absolute Gasteiger partial charge is 0.466 e. The second-order valence-corrected chi connectivity index (χ2v) is 2.48. The molecule has 0 radical (unpaired) electrons. The van der Waals surface area contributed by atoms with Crippen LogP contribution < -0.4 is 0 Å². The first kappa shape index (κ1) is 8.77. The number of hydrogen-bond acceptors (Lipinski definition) is 4. The Morgan fingerprint density at radius 2 is 2.58 bits per heavy atom. The van der Waals surface area contributed by atoms with Gasteiger partial charge < -0.3 is 9.26 Å². The second kappa shape index (κ2) is 4.54. The van der Waals surface area contributed by atoms with Gasteiger partial charge in [-0.2, -0.15) is 0 Å². The summed E-state index contributed by atoms with van der Waals surface area (Å²) in [6, 6.07) is 0. The maximum absolute atomic E-state index is 10.4. The molecule has 0 bridgehead atoms. The van der Waals surface area contributed by atoms with E-state index in [1.54, 1.807) is 12.5 Å². The lowest BCUT2D eigenvalue weighted by atomic mass is 10.2. The van der Waals surface area contributed by atoms with Gasteiger partial charge in [-0.15, -0.1) is 0 Å². The molecule has 66 valence electrons. The summed E-state index contributed by atoms with van der Waals surface area (Å²) in [7, 11) is 0. The van der Waals surface area contributed by atoms with E-state index < -0.39 is 0 Å². The zero-order chi connectivity index (χ0) is 8.81. The standard InChI is InChI=1S/C8H11NO3/c1-7(10)11-4-2-3-8-5-9-12-6-8/h5-6H,2-4H2,1H3. The number of esters is 1. The lowest BCUT2D eigenvalue weighted by Crippen LogP contribution is -2.01. The van der Waals surface area contributed by atoms with Gasteiger partial charge in [-0.25, -0.2) is 0 Å². The summed E-state index contributed by atoms with van der Waals surface area (Å²) in [5.41, 5.74) is 1.03. The lowest BCUT2D eigenvalue weighted by molar-refractivity contribution is -0.141. The highest BCUT2D eigenvalue weighted by Crippen LogP contribution is 2.00. The van der Waals surface area contributed by atoms with E-state index in [-0.39, 0.29) is 5.97 Å². The molecule has 1 aromatic rings. The lowest BCUT2D eigenvalue weighted by Gasteiger charge is -1.98.